The number of benzene rings is 2. The van der Waals surface area contributed by atoms with E-state index in [9.17, 15) is 36.5 Å². The van der Waals surface area contributed by atoms with Crippen LogP contribution in [0, 0.1) is 10.1 Å². The Kier molecular flexibility index (Phi) is 6.35. The Bertz CT molecular complexity index is 1060. The van der Waals surface area contributed by atoms with Crippen LogP contribution in [-0.2, 0) is 21.0 Å². The third-order valence-electron chi connectivity index (χ3n) is 3.62. The van der Waals surface area contributed by atoms with Gasteiger partial charge >= 0.3 is 6.18 Å². The van der Waals surface area contributed by atoms with E-state index in [1.165, 1.54) is 12.1 Å². The van der Waals surface area contributed by atoms with Crippen LogP contribution in [0.5, 0.6) is 0 Å². The van der Waals surface area contributed by atoms with Crippen molar-refractivity contribution >= 4 is 38.9 Å². The van der Waals surface area contributed by atoms with Gasteiger partial charge in [-0.1, -0.05) is 23.7 Å². The first-order valence-corrected chi connectivity index (χ1v) is 9.33. The molecule has 0 saturated heterocycles. The second-order valence-corrected chi connectivity index (χ2v) is 7.71. The van der Waals surface area contributed by atoms with Crippen LogP contribution < -0.4 is 15.6 Å². The number of carbonyl (C=O) groups is 1. The largest absolute Gasteiger partial charge is 0.416 e. The van der Waals surface area contributed by atoms with Crippen LogP contribution in [0.15, 0.2) is 47.4 Å². The molecule has 14 heteroatoms. The molecule has 3 N–H and O–H groups in total. The predicted molar refractivity (Wildman–Crippen MR) is 96.4 cm³/mol. The number of nitro groups is 1. The van der Waals surface area contributed by atoms with Gasteiger partial charge in [-0.2, -0.15) is 13.2 Å². The lowest BCUT2D eigenvalue weighted by atomic mass is 10.2. The summed E-state index contributed by atoms with van der Waals surface area (Å²) in [4.78, 5) is 21.1. The SMILES string of the molecule is NNC(=O)CN(c1cc(C(F)(F)F)ccc1Cl)S(=O)(=O)c1ccccc1[N+](=O)[O-]. The number of carbonyl (C=O) groups excluding carboxylic acids is 1. The summed E-state index contributed by atoms with van der Waals surface area (Å²) in [5.41, 5.74) is -1.14. The number of rotatable bonds is 6. The van der Waals surface area contributed by atoms with Gasteiger partial charge in [0.15, 0.2) is 4.90 Å². The van der Waals surface area contributed by atoms with Gasteiger partial charge in [0.05, 0.1) is 21.2 Å². The number of halogens is 4. The number of amides is 1. The average molecular weight is 453 g/mol. The van der Waals surface area contributed by atoms with Crippen LogP contribution in [-0.4, -0.2) is 25.8 Å². The first kappa shape index (κ1) is 22.4. The number of hydrogen-bond donors (Lipinski definition) is 2. The second kappa shape index (κ2) is 8.23. The summed E-state index contributed by atoms with van der Waals surface area (Å²) in [6.07, 6.45) is -4.84. The van der Waals surface area contributed by atoms with Crippen LogP contribution in [0.4, 0.5) is 24.5 Å². The summed E-state index contributed by atoms with van der Waals surface area (Å²) in [5.74, 6) is 3.86. The van der Waals surface area contributed by atoms with E-state index in [1.807, 2.05) is 0 Å². The number of alkyl halides is 3. The molecule has 0 atom stereocenters. The molecule has 0 radical (unpaired) electrons. The number of anilines is 1. The van der Waals surface area contributed by atoms with Crippen LogP contribution in [0.1, 0.15) is 5.56 Å². The summed E-state index contributed by atoms with van der Waals surface area (Å²) in [6, 6.07) is 5.97. The van der Waals surface area contributed by atoms with Crippen molar-refractivity contribution in [3.8, 4) is 0 Å². The monoisotopic (exact) mass is 452 g/mol. The smallest absolute Gasteiger partial charge is 0.293 e. The Morgan fingerprint density at radius 3 is 2.41 bits per heavy atom. The van der Waals surface area contributed by atoms with Gasteiger partial charge in [-0.05, 0) is 24.3 Å². The Balaban J connectivity index is 2.76. The summed E-state index contributed by atoms with van der Waals surface area (Å²) in [6.45, 7) is -1.08. The van der Waals surface area contributed by atoms with Crippen LogP contribution in [0.3, 0.4) is 0 Å². The standard InChI is InChI=1S/C15H12ClF3N4O5S/c16-10-6-5-9(15(17,18)19)7-12(10)22(8-14(24)21-20)29(27,28)13-4-2-1-3-11(13)23(25)26/h1-7H,8,20H2,(H,21,24). The maximum absolute atomic E-state index is 13.1. The number of nitro benzene ring substituents is 1. The summed E-state index contributed by atoms with van der Waals surface area (Å²) < 4.78 is 65.6. The fourth-order valence-corrected chi connectivity index (χ4v) is 4.16. The van der Waals surface area contributed by atoms with Gasteiger partial charge in [0.2, 0.25) is 0 Å². The number of hydrogen-bond acceptors (Lipinski definition) is 6. The highest BCUT2D eigenvalue weighted by Gasteiger charge is 2.36. The molecular weight excluding hydrogens is 441 g/mol. The maximum Gasteiger partial charge on any atom is 0.416 e. The van der Waals surface area contributed by atoms with Crippen LogP contribution in [0.2, 0.25) is 5.02 Å². The first-order valence-electron chi connectivity index (χ1n) is 7.52. The summed E-state index contributed by atoms with van der Waals surface area (Å²) >= 11 is 5.89. The molecule has 0 spiro atoms. The lowest BCUT2D eigenvalue weighted by molar-refractivity contribution is -0.387. The molecule has 0 fully saturated rings. The number of nitrogens with zero attached hydrogens (tertiary/aromatic N) is 2. The Hall–Kier alpha value is -2.90. The average Bonchev–Trinajstić information content (AvgIpc) is 2.65. The van der Waals surface area contributed by atoms with Gasteiger partial charge in [0.25, 0.3) is 21.6 Å². The molecule has 2 rings (SSSR count). The molecule has 0 heterocycles. The van der Waals surface area contributed by atoms with Gasteiger partial charge in [0.1, 0.15) is 6.54 Å². The number of hydrazine groups is 1. The Morgan fingerprint density at radius 2 is 1.86 bits per heavy atom. The molecule has 0 aliphatic heterocycles. The van der Waals surface area contributed by atoms with E-state index in [1.54, 1.807) is 5.43 Å². The third kappa shape index (κ3) is 4.75. The van der Waals surface area contributed by atoms with E-state index < -0.39 is 60.4 Å². The fraction of sp³-hybridized carbons (Fsp3) is 0.133. The molecule has 9 nitrogen and oxygen atoms in total. The van der Waals surface area contributed by atoms with Crippen molar-refractivity contribution in [2.75, 3.05) is 10.8 Å². The Labute approximate surface area is 167 Å². The van der Waals surface area contributed by atoms with Gasteiger partial charge in [0, 0.05) is 6.07 Å². The van der Waals surface area contributed by atoms with Crippen molar-refractivity contribution in [1.29, 1.82) is 0 Å². The molecule has 0 saturated carbocycles. The van der Waals surface area contributed by atoms with Gasteiger partial charge < -0.3 is 0 Å². The summed E-state index contributed by atoms with van der Waals surface area (Å²) in [7, 11) is -4.90. The molecular formula is C15H12ClF3N4O5S. The molecule has 29 heavy (non-hydrogen) atoms. The molecule has 156 valence electrons. The maximum atomic E-state index is 13.1. The topological polar surface area (TPSA) is 136 Å². The normalized spacial score (nSPS) is 11.8. The quantitative estimate of drug-likeness (QED) is 0.299. The van der Waals surface area contributed by atoms with E-state index >= 15 is 0 Å². The fourth-order valence-electron chi connectivity index (χ4n) is 2.30. The second-order valence-electron chi connectivity index (χ2n) is 5.47. The molecule has 0 unspecified atom stereocenters. The zero-order chi connectivity index (χ0) is 22.0. The number of sulfonamides is 1. The van der Waals surface area contributed by atoms with Crippen molar-refractivity contribution in [2.45, 2.75) is 11.1 Å². The highest BCUT2D eigenvalue weighted by Crippen LogP contribution is 2.38. The van der Waals surface area contributed by atoms with E-state index in [2.05, 4.69) is 0 Å². The molecule has 0 aliphatic rings. The van der Waals surface area contributed by atoms with Crippen molar-refractivity contribution in [3.63, 3.8) is 0 Å². The minimum Gasteiger partial charge on any atom is -0.293 e. The molecule has 0 bridgehead atoms. The van der Waals surface area contributed by atoms with Gasteiger partial charge in [-0.25, -0.2) is 14.3 Å². The predicted octanol–water partition coefficient (Wildman–Crippen LogP) is 2.45. The number of para-hydroxylation sites is 1. The molecule has 2 aromatic carbocycles. The highest BCUT2D eigenvalue weighted by molar-refractivity contribution is 7.93. The summed E-state index contributed by atoms with van der Waals surface area (Å²) in [5, 5.41) is 10.8. The minimum atomic E-state index is -4.90. The highest BCUT2D eigenvalue weighted by atomic mass is 35.5. The lowest BCUT2D eigenvalue weighted by Crippen LogP contribution is -2.43. The van der Waals surface area contributed by atoms with Crippen molar-refractivity contribution in [3.05, 3.63) is 63.2 Å². The van der Waals surface area contributed by atoms with Gasteiger partial charge in [-0.3, -0.25) is 24.6 Å². The first-order chi connectivity index (χ1) is 13.4. The van der Waals surface area contributed by atoms with Gasteiger partial charge in [-0.15, -0.1) is 0 Å². The zero-order valence-corrected chi connectivity index (χ0v) is 15.8. The minimum absolute atomic E-state index is 0.217. The van der Waals surface area contributed by atoms with Crippen LogP contribution in [0.25, 0.3) is 0 Å². The number of nitrogens with two attached hydrogens (primary N) is 1. The molecule has 0 aliphatic carbocycles. The molecule has 0 aromatic heterocycles. The van der Waals surface area contributed by atoms with E-state index in [0.717, 1.165) is 18.2 Å². The van der Waals surface area contributed by atoms with Crippen LogP contribution >= 0.6 is 11.6 Å². The third-order valence-corrected chi connectivity index (χ3v) is 5.75. The zero-order valence-electron chi connectivity index (χ0n) is 14.2. The van der Waals surface area contributed by atoms with E-state index in [-0.39, 0.29) is 4.31 Å². The molecule has 1 amide bonds. The van der Waals surface area contributed by atoms with E-state index in [4.69, 9.17) is 17.4 Å². The van der Waals surface area contributed by atoms with E-state index in [0.29, 0.717) is 12.1 Å². The lowest BCUT2D eigenvalue weighted by Gasteiger charge is -2.25. The van der Waals surface area contributed by atoms with Crippen molar-refractivity contribution < 1.29 is 31.3 Å². The number of nitrogens with one attached hydrogen (secondary N) is 1. The van der Waals surface area contributed by atoms with Crippen molar-refractivity contribution in [1.82, 2.24) is 5.43 Å². The Morgan fingerprint density at radius 1 is 1.24 bits per heavy atom. The van der Waals surface area contributed by atoms with Crippen molar-refractivity contribution in [2.24, 2.45) is 5.84 Å². The molecule has 2 aromatic rings.